The molecule has 0 saturated heterocycles. The van der Waals surface area contributed by atoms with E-state index in [2.05, 4.69) is 36.3 Å². The first-order chi connectivity index (χ1) is 9.02. The minimum atomic E-state index is -0.0357. The maximum atomic E-state index is 12.4. The summed E-state index contributed by atoms with van der Waals surface area (Å²) in [5.74, 6) is 0.502. The molecule has 0 aromatic carbocycles. The van der Waals surface area contributed by atoms with Crippen molar-refractivity contribution in [3.05, 3.63) is 5.01 Å². The molecule has 1 fully saturated rings. The van der Waals surface area contributed by atoms with Gasteiger partial charge in [-0.1, -0.05) is 31.6 Å². The SMILES string of the molecule is CCC(C)C(C)N(C(=O)Nc1nnc(C)s1)C1CC1. The van der Waals surface area contributed by atoms with E-state index in [4.69, 9.17) is 0 Å². The van der Waals surface area contributed by atoms with Gasteiger partial charge in [0.25, 0.3) is 0 Å². The summed E-state index contributed by atoms with van der Waals surface area (Å²) in [4.78, 5) is 14.4. The van der Waals surface area contributed by atoms with Crippen LogP contribution < -0.4 is 5.32 Å². The highest BCUT2D eigenvalue weighted by Crippen LogP contribution is 2.32. The van der Waals surface area contributed by atoms with Crippen LogP contribution in [0.4, 0.5) is 9.93 Å². The molecule has 106 valence electrons. The Labute approximate surface area is 118 Å². The Bertz CT molecular complexity index is 444. The van der Waals surface area contributed by atoms with Crippen molar-refractivity contribution in [2.75, 3.05) is 5.32 Å². The van der Waals surface area contributed by atoms with Gasteiger partial charge in [0.2, 0.25) is 5.13 Å². The molecule has 1 N–H and O–H groups in total. The zero-order valence-electron chi connectivity index (χ0n) is 12.0. The van der Waals surface area contributed by atoms with Gasteiger partial charge < -0.3 is 4.90 Å². The number of aryl methyl sites for hydroxylation is 1. The number of carbonyl (C=O) groups excluding carboxylic acids is 1. The fraction of sp³-hybridized carbons (Fsp3) is 0.769. The van der Waals surface area contributed by atoms with E-state index in [-0.39, 0.29) is 12.1 Å². The molecule has 2 amide bonds. The summed E-state index contributed by atoms with van der Waals surface area (Å²) < 4.78 is 0. The van der Waals surface area contributed by atoms with Crippen LogP contribution in [-0.2, 0) is 0 Å². The van der Waals surface area contributed by atoms with Crippen LogP contribution in [0, 0.1) is 12.8 Å². The van der Waals surface area contributed by atoms with Crippen molar-refractivity contribution in [2.24, 2.45) is 5.92 Å². The molecule has 1 aromatic heterocycles. The average molecular weight is 282 g/mol. The Morgan fingerprint density at radius 1 is 1.47 bits per heavy atom. The molecule has 1 aliphatic rings. The van der Waals surface area contributed by atoms with E-state index in [9.17, 15) is 4.79 Å². The van der Waals surface area contributed by atoms with Crippen LogP contribution in [0.15, 0.2) is 0 Å². The number of rotatable bonds is 5. The van der Waals surface area contributed by atoms with Crippen LogP contribution in [-0.4, -0.2) is 33.2 Å². The van der Waals surface area contributed by atoms with Crippen LogP contribution in [0.25, 0.3) is 0 Å². The summed E-state index contributed by atoms with van der Waals surface area (Å²) in [6.07, 6.45) is 3.31. The van der Waals surface area contributed by atoms with E-state index in [0.29, 0.717) is 17.1 Å². The Balaban J connectivity index is 2.04. The van der Waals surface area contributed by atoms with Crippen molar-refractivity contribution in [2.45, 2.75) is 59.0 Å². The van der Waals surface area contributed by atoms with Gasteiger partial charge in [0.1, 0.15) is 5.01 Å². The first-order valence-corrected chi connectivity index (χ1v) is 7.74. The lowest BCUT2D eigenvalue weighted by atomic mass is 9.99. The maximum absolute atomic E-state index is 12.4. The zero-order chi connectivity index (χ0) is 14.0. The van der Waals surface area contributed by atoms with Gasteiger partial charge in [0.15, 0.2) is 0 Å². The highest BCUT2D eigenvalue weighted by atomic mass is 32.1. The van der Waals surface area contributed by atoms with Gasteiger partial charge in [-0.05, 0) is 32.6 Å². The Morgan fingerprint density at radius 2 is 2.16 bits per heavy atom. The molecule has 0 radical (unpaired) electrons. The Hall–Kier alpha value is -1.17. The number of hydrogen-bond donors (Lipinski definition) is 1. The van der Waals surface area contributed by atoms with Crippen LogP contribution >= 0.6 is 11.3 Å². The highest BCUT2D eigenvalue weighted by Gasteiger charge is 2.37. The molecule has 1 heterocycles. The molecule has 0 aliphatic heterocycles. The summed E-state index contributed by atoms with van der Waals surface area (Å²) >= 11 is 1.41. The van der Waals surface area contributed by atoms with Crippen LogP contribution in [0.2, 0.25) is 0 Å². The predicted molar refractivity (Wildman–Crippen MR) is 77.4 cm³/mol. The molecule has 6 heteroatoms. The molecular formula is C13H22N4OS. The second-order valence-corrected chi connectivity index (χ2v) is 6.50. The molecule has 1 saturated carbocycles. The highest BCUT2D eigenvalue weighted by molar-refractivity contribution is 7.15. The van der Waals surface area contributed by atoms with Crippen molar-refractivity contribution in [1.82, 2.24) is 15.1 Å². The first kappa shape index (κ1) is 14.2. The van der Waals surface area contributed by atoms with Gasteiger partial charge in [-0.15, -0.1) is 10.2 Å². The normalized spacial score (nSPS) is 17.9. The molecule has 1 aromatic rings. The summed E-state index contributed by atoms with van der Waals surface area (Å²) in [7, 11) is 0. The number of aromatic nitrogens is 2. The maximum Gasteiger partial charge on any atom is 0.324 e. The second-order valence-electron chi connectivity index (χ2n) is 5.32. The molecule has 2 atom stereocenters. The number of carbonyl (C=O) groups is 1. The zero-order valence-corrected chi connectivity index (χ0v) is 12.8. The number of nitrogens with zero attached hydrogens (tertiary/aromatic N) is 3. The van der Waals surface area contributed by atoms with E-state index in [1.165, 1.54) is 11.3 Å². The Kier molecular flexibility index (Phi) is 4.39. The number of nitrogens with one attached hydrogen (secondary N) is 1. The number of amides is 2. The third-order valence-electron chi connectivity index (χ3n) is 3.82. The lowest BCUT2D eigenvalue weighted by molar-refractivity contribution is 0.164. The summed E-state index contributed by atoms with van der Waals surface area (Å²) in [6, 6.07) is 0.621. The first-order valence-electron chi connectivity index (χ1n) is 6.92. The third-order valence-corrected chi connectivity index (χ3v) is 4.58. The number of urea groups is 1. The largest absolute Gasteiger partial charge is 0.324 e. The van der Waals surface area contributed by atoms with Crippen LogP contribution in [0.5, 0.6) is 0 Å². The van der Waals surface area contributed by atoms with Gasteiger partial charge in [-0.3, -0.25) is 5.32 Å². The second kappa shape index (κ2) is 5.86. The van der Waals surface area contributed by atoms with Gasteiger partial charge in [0, 0.05) is 12.1 Å². The van der Waals surface area contributed by atoms with E-state index in [1.54, 1.807) is 0 Å². The molecular weight excluding hydrogens is 260 g/mol. The third kappa shape index (κ3) is 3.43. The van der Waals surface area contributed by atoms with Gasteiger partial charge in [-0.25, -0.2) is 4.79 Å². The van der Waals surface area contributed by atoms with Crippen LogP contribution in [0.1, 0.15) is 45.0 Å². The molecule has 19 heavy (non-hydrogen) atoms. The monoisotopic (exact) mass is 282 g/mol. The van der Waals surface area contributed by atoms with Crippen molar-refractivity contribution >= 4 is 22.5 Å². The average Bonchev–Trinajstić information content (AvgIpc) is 3.12. The smallest absolute Gasteiger partial charge is 0.319 e. The van der Waals surface area contributed by atoms with Gasteiger partial charge >= 0.3 is 6.03 Å². The lowest BCUT2D eigenvalue weighted by Crippen LogP contribution is -2.45. The van der Waals surface area contributed by atoms with E-state index < -0.39 is 0 Å². The number of hydrogen-bond acceptors (Lipinski definition) is 4. The summed E-state index contributed by atoms with van der Waals surface area (Å²) in [5, 5.41) is 12.2. The van der Waals surface area contributed by atoms with Crippen molar-refractivity contribution in [3.8, 4) is 0 Å². The molecule has 2 unspecified atom stereocenters. The van der Waals surface area contributed by atoms with Crippen molar-refractivity contribution in [3.63, 3.8) is 0 Å². The van der Waals surface area contributed by atoms with Gasteiger partial charge in [0.05, 0.1) is 0 Å². The minimum Gasteiger partial charge on any atom is -0.319 e. The van der Waals surface area contributed by atoms with E-state index >= 15 is 0 Å². The fourth-order valence-electron chi connectivity index (χ4n) is 2.15. The van der Waals surface area contributed by atoms with Gasteiger partial charge in [-0.2, -0.15) is 0 Å². The molecule has 0 bridgehead atoms. The number of anilines is 1. The molecule has 0 spiro atoms. The molecule has 2 rings (SSSR count). The topological polar surface area (TPSA) is 58.1 Å². The standard InChI is InChI=1S/C13H22N4OS/c1-5-8(2)9(3)17(11-6-7-11)13(18)14-12-16-15-10(4)19-12/h8-9,11H,5-7H2,1-4H3,(H,14,16,18). The molecule has 5 nitrogen and oxygen atoms in total. The van der Waals surface area contributed by atoms with Crippen molar-refractivity contribution in [1.29, 1.82) is 0 Å². The summed E-state index contributed by atoms with van der Waals surface area (Å²) in [6.45, 7) is 8.38. The Morgan fingerprint density at radius 3 is 2.63 bits per heavy atom. The predicted octanol–water partition coefficient (Wildman–Crippen LogP) is 3.28. The molecule has 1 aliphatic carbocycles. The lowest BCUT2D eigenvalue weighted by Gasteiger charge is -2.32. The van der Waals surface area contributed by atoms with E-state index in [0.717, 1.165) is 24.3 Å². The van der Waals surface area contributed by atoms with Crippen molar-refractivity contribution < 1.29 is 4.79 Å². The minimum absolute atomic E-state index is 0.0357. The van der Waals surface area contributed by atoms with Crippen LogP contribution in [0.3, 0.4) is 0 Å². The summed E-state index contributed by atoms with van der Waals surface area (Å²) in [5.41, 5.74) is 0. The van der Waals surface area contributed by atoms with E-state index in [1.807, 2.05) is 11.8 Å². The quantitative estimate of drug-likeness (QED) is 0.901. The fourth-order valence-corrected chi connectivity index (χ4v) is 2.74.